The van der Waals surface area contributed by atoms with Crippen LogP contribution in [-0.2, 0) is 22.7 Å². The molecule has 0 atom stereocenters. The van der Waals surface area contributed by atoms with Crippen molar-refractivity contribution in [1.82, 2.24) is 0 Å². The van der Waals surface area contributed by atoms with Crippen molar-refractivity contribution in [1.29, 1.82) is 0 Å². The first kappa shape index (κ1) is 44.3. The third-order valence-corrected chi connectivity index (χ3v) is 14.0. The minimum atomic E-state index is 0.0115. The van der Waals surface area contributed by atoms with Crippen molar-refractivity contribution >= 4 is 60.8 Å². The number of nitrogens with zero attached hydrogens (tertiary/aromatic N) is 2. The molecule has 1 aliphatic rings. The van der Waals surface area contributed by atoms with Crippen LogP contribution < -0.4 is 9.80 Å². The standard InChI is InChI=1S/C61H72N2/c1-38(2)18-16-19-40(5)37-62(46-26-22-44(23-27-46)59(8,9)10)53-34-43-32-33-61(14,15)52-35-51-54(36-50(39(3)4)48-30-31-49(53)57(55(43)52)56(48)51)63(58-41(6)20-17-21-42(58)7)47-28-24-45(25-29-47)60(11,12)13/h16-31,34-36,38-39H,32-33,37H2,1-15H3/b18-16-,40-19-. The molecule has 7 aromatic carbocycles. The molecule has 0 heterocycles. The van der Waals surface area contributed by atoms with Crippen LogP contribution in [0.1, 0.15) is 141 Å². The number of aryl methyl sites for hydroxylation is 3. The Morgan fingerprint density at radius 3 is 1.83 bits per heavy atom. The van der Waals surface area contributed by atoms with E-state index in [1.165, 1.54) is 105 Å². The van der Waals surface area contributed by atoms with E-state index in [0.29, 0.717) is 11.8 Å². The summed E-state index contributed by atoms with van der Waals surface area (Å²) in [6.45, 7) is 35.7. The first-order valence-corrected chi connectivity index (χ1v) is 23.7. The van der Waals surface area contributed by atoms with Gasteiger partial charge in [-0.2, -0.15) is 0 Å². The predicted octanol–water partition coefficient (Wildman–Crippen LogP) is 17.9. The van der Waals surface area contributed by atoms with Crippen molar-refractivity contribution in [3.8, 4) is 0 Å². The van der Waals surface area contributed by atoms with E-state index in [0.717, 1.165) is 19.4 Å². The zero-order valence-electron chi connectivity index (χ0n) is 41.1. The molecule has 8 rings (SSSR count). The largest absolute Gasteiger partial charge is 0.337 e. The van der Waals surface area contributed by atoms with Gasteiger partial charge in [0.15, 0.2) is 0 Å². The molecule has 0 unspecified atom stereocenters. The van der Waals surface area contributed by atoms with E-state index in [2.05, 4.69) is 229 Å². The second-order valence-electron chi connectivity index (χ2n) is 22.2. The predicted molar refractivity (Wildman–Crippen MR) is 278 cm³/mol. The Bertz CT molecular complexity index is 2840. The van der Waals surface area contributed by atoms with Crippen LogP contribution in [0.15, 0.2) is 121 Å². The highest BCUT2D eigenvalue weighted by atomic mass is 15.2. The highest BCUT2D eigenvalue weighted by Crippen LogP contribution is 2.54. The molecule has 0 saturated heterocycles. The first-order chi connectivity index (χ1) is 29.7. The molecule has 326 valence electrons. The lowest BCUT2D eigenvalue weighted by Crippen LogP contribution is -2.25. The average Bonchev–Trinajstić information content (AvgIpc) is 3.21. The van der Waals surface area contributed by atoms with Crippen LogP contribution in [0, 0.1) is 19.8 Å². The maximum atomic E-state index is 2.62. The van der Waals surface area contributed by atoms with Gasteiger partial charge in [-0.15, -0.1) is 0 Å². The molecule has 0 aromatic heterocycles. The second-order valence-corrected chi connectivity index (χ2v) is 22.2. The summed E-state index contributed by atoms with van der Waals surface area (Å²) in [5, 5.41) is 8.32. The minimum absolute atomic E-state index is 0.0115. The van der Waals surface area contributed by atoms with Crippen LogP contribution >= 0.6 is 0 Å². The zero-order chi connectivity index (χ0) is 45.3. The minimum Gasteiger partial charge on any atom is -0.337 e. The van der Waals surface area contributed by atoms with E-state index in [-0.39, 0.29) is 16.2 Å². The van der Waals surface area contributed by atoms with Crippen molar-refractivity contribution < 1.29 is 0 Å². The van der Waals surface area contributed by atoms with Gasteiger partial charge in [0.1, 0.15) is 0 Å². The Kier molecular flexibility index (Phi) is 11.5. The van der Waals surface area contributed by atoms with Crippen molar-refractivity contribution in [2.24, 2.45) is 5.92 Å². The Labute approximate surface area is 380 Å². The number of hydrogen-bond acceptors (Lipinski definition) is 2. The van der Waals surface area contributed by atoms with Gasteiger partial charge in [-0.25, -0.2) is 0 Å². The normalized spacial score (nSPS) is 14.7. The molecule has 0 amide bonds. The van der Waals surface area contributed by atoms with Crippen LogP contribution in [0.3, 0.4) is 0 Å². The van der Waals surface area contributed by atoms with Crippen LogP contribution in [0.4, 0.5) is 28.4 Å². The van der Waals surface area contributed by atoms with Gasteiger partial charge < -0.3 is 9.80 Å². The van der Waals surface area contributed by atoms with Gasteiger partial charge in [-0.3, -0.25) is 0 Å². The molecule has 63 heavy (non-hydrogen) atoms. The molecule has 0 saturated carbocycles. The summed E-state index contributed by atoms with van der Waals surface area (Å²) in [6, 6.07) is 38.2. The highest BCUT2D eigenvalue weighted by Gasteiger charge is 2.34. The van der Waals surface area contributed by atoms with Crippen LogP contribution in [-0.4, -0.2) is 6.54 Å². The summed E-state index contributed by atoms with van der Waals surface area (Å²) in [7, 11) is 0. The third-order valence-electron chi connectivity index (χ3n) is 14.0. The quantitative estimate of drug-likeness (QED) is 0.100. The molecule has 0 N–H and O–H groups in total. The lowest BCUT2D eigenvalue weighted by molar-refractivity contribution is 0.475. The van der Waals surface area contributed by atoms with E-state index < -0.39 is 0 Å². The molecule has 0 radical (unpaired) electrons. The molecule has 0 bridgehead atoms. The summed E-state index contributed by atoms with van der Waals surface area (Å²) >= 11 is 0. The molecule has 2 heteroatoms. The Balaban J connectivity index is 1.50. The number of benzene rings is 7. The fourth-order valence-corrected chi connectivity index (χ4v) is 10.2. The zero-order valence-corrected chi connectivity index (χ0v) is 41.1. The second kappa shape index (κ2) is 16.3. The molecule has 2 nitrogen and oxygen atoms in total. The van der Waals surface area contributed by atoms with E-state index in [1.807, 2.05) is 0 Å². The van der Waals surface area contributed by atoms with Crippen LogP contribution in [0.5, 0.6) is 0 Å². The number of rotatable bonds is 10. The fraction of sp³-hybridized carbons (Fsp3) is 0.377. The maximum Gasteiger partial charge on any atom is 0.0543 e. The van der Waals surface area contributed by atoms with Gasteiger partial charge >= 0.3 is 0 Å². The summed E-state index contributed by atoms with van der Waals surface area (Å²) in [4.78, 5) is 5.20. The van der Waals surface area contributed by atoms with Gasteiger partial charge in [0.2, 0.25) is 0 Å². The topological polar surface area (TPSA) is 6.48 Å². The smallest absolute Gasteiger partial charge is 0.0543 e. The average molecular weight is 833 g/mol. The molecule has 0 fully saturated rings. The van der Waals surface area contributed by atoms with E-state index in [4.69, 9.17) is 0 Å². The van der Waals surface area contributed by atoms with E-state index in [9.17, 15) is 0 Å². The first-order valence-electron chi connectivity index (χ1n) is 23.7. The number of anilines is 5. The molecule has 1 aliphatic carbocycles. The summed E-state index contributed by atoms with van der Waals surface area (Å²) in [6.07, 6.45) is 9.02. The lowest BCUT2D eigenvalue weighted by Gasteiger charge is -2.37. The number of para-hydroxylation sites is 1. The van der Waals surface area contributed by atoms with Gasteiger partial charge in [0.05, 0.1) is 11.4 Å². The van der Waals surface area contributed by atoms with Gasteiger partial charge in [0, 0.05) is 39.8 Å². The van der Waals surface area contributed by atoms with E-state index >= 15 is 0 Å². The maximum absolute atomic E-state index is 2.62. The third kappa shape index (κ3) is 8.20. The van der Waals surface area contributed by atoms with Crippen LogP contribution in [0.25, 0.3) is 32.3 Å². The summed E-state index contributed by atoms with van der Waals surface area (Å²) < 4.78 is 0. The van der Waals surface area contributed by atoms with Crippen molar-refractivity contribution in [3.05, 3.63) is 160 Å². The van der Waals surface area contributed by atoms with Gasteiger partial charge in [0.25, 0.3) is 0 Å². The summed E-state index contributed by atoms with van der Waals surface area (Å²) in [5.74, 6) is 0.831. The lowest BCUT2D eigenvalue weighted by atomic mass is 9.70. The van der Waals surface area contributed by atoms with Gasteiger partial charge in [-0.1, -0.05) is 161 Å². The van der Waals surface area contributed by atoms with Crippen molar-refractivity contribution in [2.45, 2.75) is 139 Å². The van der Waals surface area contributed by atoms with Crippen molar-refractivity contribution in [2.75, 3.05) is 16.3 Å². The number of allylic oxidation sites excluding steroid dienone is 3. The monoisotopic (exact) mass is 833 g/mol. The molecule has 0 aliphatic heterocycles. The van der Waals surface area contributed by atoms with E-state index in [1.54, 1.807) is 0 Å². The SMILES string of the molecule is C/C(=C/C=C\C(C)C)CN(c1ccc(C(C)(C)C)cc1)c1cc2c3c(cc4c(N(c5ccc(C(C)(C)C)cc5)c5c(C)cccc5C)cc(C(C)C)c5ccc1c3c54)C(C)(C)CC2. The molecule has 0 spiro atoms. The Morgan fingerprint density at radius 1 is 0.667 bits per heavy atom. The molecular formula is C61H72N2. The molecular weight excluding hydrogens is 761 g/mol. The van der Waals surface area contributed by atoms with Crippen LogP contribution in [0.2, 0.25) is 0 Å². The fourth-order valence-electron chi connectivity index (χ4n) is 10.2. The van der Waals surface area contributed by atoms with Crippen molar-refractivity contribution in [3.63, 3.8) is 0 Å². The Morgan fingerprint density at radius 2 is 1.25 bits per heavy atom. The highest BCUT2D eigenvalue weighted by molar-refractivity contribution is 6.30. The molecule has 7 aromatic rings. The number of hydrogen-bond donors (Lipinski definition) is 0. The Hall–Kier alpha value is -5.34. The van der Waals surface area contributed by atoms with Gasteiger partial charge in [-0.05, 0) is 159 Å². The summed E-state index contributed by atoms with van der Waals surface area (Å²) in [5.41, 5.74) is 17.3.